The molecule has 1 aliphatic rings. The number of anilines is 1. The molecule has 2 aromatic rings. The van der Waals surface area contributed by atoms with Crippen molar-refractivity contribution in [3.63, 3.8) is 0 Å². The van der Waals surface area contributed by atoms with Gasteiger partial charge in [-0.3, -0.25) is 9.10 Å². The Morgan fingerprint density at radius 2 is 1.80 bits per heavy atom. The molecule has 30 heavy (non-hydrogen) atoms. The molecule has 162 valence electrons. The summed E-state index contributed by atoms with van der Waals surface area (Å²) in [5, 5.41) is 2.91. The van der Waals surface area contributed by atoms with E-state index in [1.165, 1.54) is 42.7 Å². The maximum absolute atomic E-state index is 13.0. The van der Waals surface area contributed by atoms with Crippen LogP contribution in [-0.2, 0) is 10.0 Å². The van der Waals surface area contributed by atoms with E-state index in [0.29, 0.717) is 17.8 Å². The number of carbonyl (C=O) groups is 1. The van der Waals surface area contributed by atoms with Crippen LogP contribution in [0, 0.1) is 6.92 Å². The molecule has 0 aromatic heterocycles. The van der Waals surface area contributed by atoms with Gasteiger partial charge in [-0.15, -0.1) is 0 Å². The Hall–Kier alpha value is -2.38. The third-order valence-corrected chi connectivity index (χ3v) is 7.29. The molecule has 0 bridgehead atoms. The highest BCUT2D eigenvalue weighted by atomic mass is 32.2. The van der Waals surface area contributed by atoms with Crippen LogP contribution in [0.3, 0.4) is 0 Å². The van der Waals surface area contributed by atoms with Crippen LogP contribution in [0.4, 0.5) is 5.69 Å². The van der Waals surface area contributed by atoms with Gasteiger partial charge in [0.05, 0.1) is 10.6 Å². The van der Waals surface area contributed by atoms with Gasteiger partial charge in [-0.05, 0) is 81.7 Å². The summed E-state index contributed by atoms with van der Waals surface area (Å²) in [5.74, 6) is -0.246. The van der Waals surface area contributed by atoms with Crippen molar-refractivity contribution >= 4 is 21.6 Å². The summed E-state index contributed by atoms with van der Waals surface area (Å²) in [6.07, 6.45) is 4.71. The number of rotatable bonds is 8. The number of nitrogens with one attached hydrogen (secondary N) is 1. The van der Waals surface area contributed by atoms with Crippen molar-refractivity contribution in [2.75, 3.05) is 37.5 Å². The van der Waals surface area contributed by atoms with Crippen molar-refractivity contribution in [1.29, 1.82) is 0 Å². The van der Waals surface area contributed by atoms with E-state index in [9.17, 15) is 13.2 Å². The SMILES string of the molecule is Cc1cccc(N(C)S(=O)(=O)c2cccc(C(=O)NCCCN3CCCCC3)c2)c1. The Morgan fingerprint density at radius 3 is 2.53 bits per heavy atom. The number of carbonyl (C=O) groups excluding carboxylic acids is 1. The van der Waals surface area contributed by atoms with Crippen LogP contribution in [0.2, 0.25) is 0 Å². The Morgan fingerprint density at radius 1 is 1.07 bits per heavy atom. The van der Waals surface area contributed by atoms with Crippen LogP contribution in [0.5, 0.6) is 0 Å². The summed E-state index contributed by atoms with van der Waals surface area (Å²) in [4.78, 5) is 15.1. The lowest BCUT2D eigenvalue weighted by atomic mass is 10.1. The van der Waals surface area contributed by atoms with E-state index in [1.807, 2.05) is 25.1 Å². The van der Waals surface area contributed by atoms with Crippen molar-refractivity contribution in [3.05, 3.63) is 59.7 Å². The van der Waals surface area contributed by atoms with Crippen molar-refractivity contribution in [2.45, 2.75) is 37.5 Å². The first kappa shape index (κ1) is 22.3. The zero-order chi connectivity index (χ0) is 21.6. The highest BCUT2D eigenvalue weighted by Crippen LogP contribution is 2.23. The molecule has 3 rings (SSSR count). The standard InChI is InChI=1S/C23H31N3O3S/c1-19-9-6-11-21(17-19)25(2)30(28,29)22-12-7-10-20(18-22)23(27)24-13-8-16-26-14-4-3-5-15-26/h6-7,9-12,17-18H,3-5,8,13-16H2,1-2H3,(H,24,27). The van der Waals surface area contributed by atoms with Gasteiger partial charge in [-0.25, -0.2) is 8.42 Å². The van der Waals surface area contributed by atoms with Crippen LogP contribution >= 0.6 is 0 Å². The molecule has 0 saturated carbocycles. The minimum Gasteiger partial charge on any atom is -0.352 e. The number of hydrogen-bond acceptors (Lipinski definition) is 4. The molecule has 6 nitrogen and oxygen atoms in total. The van der Waals surface area contributed by atoms with Gasteiger partial charge in [-0.1, -0.05) is 24.6 Å². The number of aryl methyl sites for hydroxylation is 1. The number of nitrogens with zero attached hydrogens (tertiary/aromatic N) is 2. The van der Waals surface area contributed by atoms with Gasteiger partial charge in [0.25, 0.3) is 15.9 Å². The fraction of sp³-hybridized carbons (Fsp3) is 0.435. The highest BCUT2D eigenvalue weighted by Gasteiger charge is 2.22. The summed E-state index contributed by atoms with van der Waals surface area (Å²) in [6, 6.07) is 13.5. The molecule has 0 aliphatic carbocycles. The average Bonchev–Trinajstić information content (AvgIpc) is 2.77. The summed E-state index contributed by atoms with van der Waals surface area (Å²) in [5.41, 5.74) is 1.92. The average molecular weight is 430 g/mol. The Balaban J connectivity index is 1.62. The van der Waals surface area contributed by atoms with E-state index >= 15 is 0 Å². The minimum absolute atomic E-state index is 0.104. The van der Waals surface area contributed by atoms with Crippen molar-refractivity contribution in [2.24, 2.45) is 0 Å². The van der Waals surface area contributed by atoms with Gasteiger partial charge in [0.15, 0.2) is 0 Å². The first-order valence-electron chi connectivity index (χ1n) is 10.5. The fourth-order valence-corrected chi connectivity index (χ4v) is 4.94. The molecule has 0 atom stereocenters. The number of hydrogen-bond donors (Lipinski definition) is 1. The van der Waals surface area contributed by atoms with Crippen LogP contribution in [0.25, 0.3) is 0 Å². The second-order valence-corrected chi connectivity index (χ2v) is 9.82. The first-order valence-corrected chi connectivity index (χ1v) is 12.0. The topological polar surface area (TPSA) is 69.7 Å². The minimum atomic E-state index is -3.76. The van der Waals surface area contributed by atoms with Crippen LogP contribution in [-0.4, -0.2) is 52.5 Å². The maximum Gasteiger partial charge on any atom is 0.264 e. The third-order valence-electron chi connectivity index (χ3n) is 5.51. The molecule has 2 aromatic carbocycles. The molecule has 0 spiro atoms. The lowest BCUT2D eigenvalue weighted by molar-refractivity contribution is 0.0951. The lowest BCUT2D eigenvalue weighted by Gasteiger charge is -2.26. The zero-order valence-electron chi connectivity index (χ0n) is 17.8. The Kier molecular flexibility index (Phi) is 7.50. The van der Waals surface area contributed by atoms with Gasteiger partial charge in [0, 0.05) is 19.2 Å². The highest BCUT2D eigenvalue weighted by molar-refractivity contribution is 7.92. The predicted molar refractivity (Wildman–Crippen MR) is 120 cm³/mol. The van der Waals surface area contributed by atoms with E-state index in [2.05, 4.69) is 10.2 Å². The van der Waals surface area contributed by atoms with Gasteiger partial charge < -0.3 is 10.2 Å². The normalized spacial score (nSPS) is 15.0. The van der Waals surface area contributed by atoms with Gasteiger partial charge >= 0.3 is 0 Å². The predicted octanol–water partition coefficient (Wildman–Crippen LogP) is 3.43. The number of sulfonamides is 1. The number of likely N-dealkylation sites (tertiary alicyclic amines) is 1. The molecule has 1 saturated heterocycles. The Bertz CT molecular complexity index is 969. The van der Waals surface area contributed by atoms with Gasteiger partial charge in [-0.2, -0.15) is 0 Å². The largest absolute Gasteiger partial charge is 0.352 e. The van der Waals surface area contributed by atoms with Crippen LogP contribution in [0.15, 0.2) is 53.4 Å². The smallest absolute Gasteiger partial charge is 0.264 e. The quantitative estimate of drug-likeness (QED) is 0.653. The number of amides is 1. The molecular weight excluding hydrogens is 398 g/mol. The second kappa shape index (κ2) is 10.1. The number of piperidine rings is 1. The molecular formula is C23H31N3O3S. The van der Waals surface area contributed by atoms with E-state index in [1.54, 1.807) is 18.2 Å². The monoisotopic (exact) mass is 429 g/mol. The third kappa shape index (κ3) is 5.61. The van der Waals surface area contributed by atoms with Crippen molar-refractivity contribution in [1.82, 2.24) is 10.2 Å². The zero-order valence-corrected chi connectivity index (χ0v) is 18.6. The molecule has 1 amide bonds. The van der Waals surface area contributed by atoms with E-state index < -0.39 is 10.0 Å². The van der Waals surface area contributed by atoms with Crippen LogP contribution in [0.1, 0.15) is 41.6 Å². The molecule has 0 unspecified atom stereocenters. The summed E-state index contributed by atoms with van der Waals surface area (Å²) in [6.45, 7) is 5.76. The van der Waals surface area contributed by atoms with E-state index in [4.69, 9.17) is 0 Å². The second-order valence-electron chi connectivity index (χ2n) is 7.85. The first-order chi connectivity index (χ1) is 14.4. The molecule has 0 radical (unpaired) electrons. The summed E-state index contributed by atoms with van der Waals surface area (Å²) in [7, 11) is -2.23. The van der Waals surface area contributed by atoms with E-state index in [0.717, 1.165) is 31.6 Å². The Labute approximate surface area is 179 Å². The molecule has 1 fully saturated rings. The van der Waals surface area contributed by atoms with Crippen molar-refractivity contribution in [3.8, 4) is 0 Å². The number of benzene rings is 2. The summed E-state index contributed by atoms with van der Waals surface area (Å²) < 4.78 is 27.3. The van der Waals surface area contributed by atoms with Gasteiger partial charge in [0.2, 0.25) is 0 Å². The molecule has 1 N–H and O–H groups in total. The fourth-order valence-electron chi connectivity index (χ4n) is 3.71. The maximum atomic E-state index is 13.0. The summed E-state index contributed by atoms with van der Waals surface area (Å²) >= 11 is 0. The molecule has 1 aliphatic heterocycles. The van der Waals surface area contributed by atoms with E-state index in [-0.39, 0.29) is 10.8 Å². The molecule has 7 heteroatoms. The van der Waals surface area contributed by atoms with Crippen LogP contribution < -0.4 is 9.62 Å². The van der Waals surface area contributed by atoms with Crippen molar-refractivity contribution < 1.29 is 13.2 Å². The van der Waals surface area contributed by atoms with Gasteiger partial charge in [0.1, 0.15) is 0 Å². The molecule has 1 heterocycles. The lowest BCUT2D eigenvalue weighted by Crippen LogP contribution is -2.33.